The molecule has 0 radical (unpaired) electrons. The number of carbonyl (C=O) groups is 1. The lowest BCUT2D eigenvalue weighted by molar-refractivity contribution is -0.141. The molecule has 0 aromatic carbocycles. The van der Waals surface area contributed by atoms with Crippen molar-refractivity contribution in [3.05, 3.63) is 22.4 Å². The molecule has 1 aromatic rings. The van der Waals surface area contributed by atoms with E-state index in [-0.39, 0.29) is 6.04 Å². The van der Waals surface area contributed by atoms with Gasteiger partial charge in [-0.15, -0.1) is 0 Å². The fourth-order valence-corrected chi connectivity index (χ4v) is 6.73. The van der Waals surface area contributed by atoms with Gasteiger partial charge in [0, 0.05) is 6.54 Å². The summed E-state index contributed by atoms with van der Waals surface area (Å²) in [5.74, 6) is -1.73. The molecule has 1 aromatic heterocycles. The van der Waals surface area contributed by atoms with Gasteiger partial charge in [0.05, 0.1) is 17.2 Å². The average Bonchev–Trinajstić information content (AvgIpc) is 3.18. The van der Waals surface area contributed by atoms with Gasteiger partial charge in [-0.25, -0.2) is 8.42 Å². The molecule has 3 rings (SSSR count). The van der Waals surface area contributed by atoms with Crippen LogP contribution in [0.3, 0.4) is 0 Å². The highest BCUT2D eigenvalue weighted by Crippen LogP contribution is 2.40. The van der Waals surface area contributed by atoms with Gasteiger partial charge in [0.2, 0.25) is 10.0 Å². The van der Waals surface area contributed by atoms with Crippen LogP contribution < -0.4 is 0 Å². The Hall–Kier alpha value is -0.920. The van der Waals surface area contributed by atoms with Gasteiger partial charge in [0.1, 0.15) is 0 Å². The van der Waals surface area contributed by atoms with Crippen LogP contribution in [-0.2, 0) is 14.8 Å². The van der Waals surface area contributed by atoms with Gasteiger partial charge in [-0.05, 0) is 48.1 Å². The summed E-state index contributed by atoms with van der Waals surface area (Å²) in [6, 6.07) is 1.85. The molecule has 1 aliphatic heterocycles. The minimum Gasteiger partial charge on any atom is -0.481 e. The van der Waals surface area contributed by atoms with Crippen molar-refractivity contribution >= 4 is 27.3 Å². The summed E-state index contributed by atoms with van der Waals surface area (Å²) in [6.45, 7) is 0.506. The molecule has 0 bridgehead atoms. The Morgan fingerprint density at radius 3 is 2.76 bits per heavy atom. The van der Waals surface area contributed by atoms with Crippen molar-refractivity contribution in [3.8, 4) is 0 Å². The van der Waals surface area contributed by atoms with Crippen LogP contribution in [0.4, 0.5) is 0 Å². The standard InChI is InChI=1S/C14H19NO4S2/c16-14(17)11-3-1-5-13(11)21(18,19)15-7-2-4-12(15)10-6-8-20-9-10/h6,8-9,11-13H,1-5,7H2,(H,16,17). The summed E-state index contributed by atoms with van der Waals surface area (Å²) in [5, 5.41) is 12.4. The Morgan fingerprint density at radius 1 is 1.29 bits per heavy atom. The van der Waals surface area contributed by atoms with Crippen LogP contribution in [0.1, 0.15) is 43.7 Å². The summed E-state index contributed by atoms with van der Waals surface area (Å²) >= 11 is 1.56. The lowest BCUT2D eigenvalue weighted by atomic mass is 10.1. The predicted octanol–water partition coefficient (Wildman–Crippen LogP) is 2.47. The zero-order chi connectivity index (χ0) is 15.0. The van der Waals surface area contributed by atoms with Crippen LogP contribution in [0, 0.1) is 5.92 Å². The Balaban J connectivity index is 1.89. The van der Waals surface area contributed by atoms with E-state index in [0.717, 1.165) is 18.4 Å². The van der Waals surface area contributed by atoms with Crippen LogP contribution in [0.5, 0.6) is 0 Å². The van der Waals surface area contributed by atoms with Crippen molar-refractivity contribution in [1.82, 2.24) is 4.31 Å². The van der Waals surface area contributed by atoms with E-state index in [9.17, 15) is 18.3 Å². The number of rotatable bonds is 4. The van der Waals surface area contributed by atoms with Crippen molar-refractivity contribution < 1.29 is 18.3 Å². The molecule has 2 fully saturated rings. The lowest BCUT2D eigenvalue weighted by Gasteiger charge is -2.28. The second kappa shape index (κ2) is 5.70. The largest absolute Gasteiger partial charge is 0.481 e. The molecule has 0 spiro atoms. The van der Waals surface area contributed by atoms with Crippen LogP contribution in [0.25, 0.3) is 0 Å². The second-order valence-electron chi connectivity index (χ2n) is 5.78. The fourth-order valence-electron chi connectivity index (χ4n) is 3.58. The minimum absolute atomic E-state index is 0.115. The number of sulfonamides is 1. The molecule has 2 aliphatic rings. The predicted molar refractivity (Wildman–Crippen MR) is 80.7 cm³/mol. The molecule has 1 aliphatic carbocycles. The highest BCUT2D eigenvalue weighted by molar-refractivity contribution is 7.89. The van der Waals surface area contributed by atoms with Gasteiger partial charge >= 0.3 is 5.97 Å². The molecule has 3 atom stereocenters. The summed E-state index contributed by atoms with van der Waals surface area (Å²) in [4.78, 5) is 11.3. The minimum atomic E-state index is -3.55. The van der Waals surface area contributed by atoms with Gasteiger partial charge in [-0.3, -0.25) is 4.79 Å². The van der Waals surface area contributed by atoms with Crippen molar-refractivity contribution in [2.75, 3.05) is 6.54 Å². The third kappa shape index (κ3) is 2.62. The number of carboxylic acid groups (broad SMARTS) is 1. The maximum Gasteiger partial charge on any atom is 0.307 e. The molecule has 1 saturated carbocycles. The zero-order valence-corrected chi connectivity index (χ0v) is 13.3. The SMILES string of the molecule is O=C(O)C1CCCC1S(=O)(=O)N1CCCC1c1ccsc1. The molecule has 116 valence electrons. The Bertz CT molecular complexity index is 611. The smallest absolute Gasteiger partial charge is 0.307 e. The zero-order valence-electron chi connectivity index (χ0n) is 11.6. The summed E-state index contributed by atoms with van der Waals surface area (Å²) < 4.78 is 27.4. The van der Waals surface area contributed by atoms with Crippen molar-refractivity contribution in [1.29, 1.82) is 0 Å². The first kappa shape index (κ1) is 15.0. The number of carboxylic acids is 1. The van der Waals surface area contributed by atoms with E-state index in [1.165, 1.54) is 0 Å². The maximum absolute atomic E-state index is 12.9. The van der Waals surface area contributed by atoms with E-state index in [2.05, 4.69) is 0 Å². The Kier molecular flexibility index (Phi) is 4.07. The van der Waals surface area contributed by atoms with E-state index in [4.69, 9.17) is 0 Å². The number of nitrogens with zero attached hydrogens (tertiary/aromatic N) is 1. The summed E-state index contributed by atoms with van der Waals surface area (Å²) in [5.41, 5.74) is 1.03. The second-order valence-corrected chi connectivity index (χ2v) is 8.67. The lowest BCUT2D eigenvalue weighted by Crippen LogP contribution is -2.41. The molecule has 1 N–H and O–H groups in total. The van der Waals surface area contributed by atoms with E-state index < -0.39 is 27.2 Å². The average molecular weight is 329 g/mol. The molecular formula is C14H19NO4S2. The quantitative estimate of drug-likeness (QED) is 0.921. The summed E-state index contributed by atoms with van der Waals surface area (Å²) in [6.07, 6.45) is 3.27. The normalized spacial score (nSPS) is 30.8. The highest BCUT2D eigenvalue weighted by Gasteiger charge is 2.47. The highest BCUT2D eigenvalue weighted by atomic mass is 32.2. The first-order chi connectivity index (χ1) is 10.0. The Morgan fingerprint density at radius 2 is 2.10 bits per heavy atom. The van der Waals surface area contributed by atoms with Gasteiger partial charge in [-0.1, -0.05) is 6.42 Å². The van der Waals surface area contributed by atoms with Crippen LogP contribution in [0.2, 0.25) is 0 Å². The number of hydrogen-bond donors (Lipinski definition) is 1. The molecule has 0 amide bonds. The van der Waals surface area contributed by atoms with E-state index >= 15 is 0 Å². The van der Waals surface area contributed by atoms with Gasteiger partial charge in [-0.2, -0.15) is 15.6 Å². The van der Waals surface area contributed by atoms with Crippen molar-refractivity contribution in [2.24, 2.45) is 5.92 Å². The topological polar surface area (TPSA) is 74.7 Å². The van der Waals surface area contributed by atoms with E-state index in [1.54, 1.807) is 15.6 Å². The number of aliphatic carboxylic acids is 1. The first-order valence-corrected chi connectivity index (χ1v) is 9.72. The molecule has 1 saturated heterocycles. The summed E-state index contributed by atoms with van der Waals surface area (Å²) in [7, 11) is -3.55. The van der Waals surface area contributed by atoms with Crippen LogP contribution in [0.15, 0.2) is 16.8 Å². The molecule has 7 heteroatoms. The third-order valence-electron chi connectivity index (χ3n) is 4.61. The number of hydrogen-bond acceptors (Lipinski definition) is 4. The van der Waals surface area contributed by atoms with Gasteiger partial charge in [0.25, 0.3) is 0 Å². The van der Waals surface area contributed by atoms with E-state index in [0.29, 0.717) is 25.8 Å². The van der Waals surface area contributed by atoms with Crippen LogP contribution >= 0.6 is 11.3 Å². The van der Waals surface area contributed by atoms with Gasteiger partial charge in [0.15, 0.2) is 0 Å². The first-order valence-electron chi connectivity index (χ1n) is 7.27. The monoisotopic (exact) mass is 329 g/mol. The molecular weight excluding hydrogens is 310 g/mol. The maximum atomic E-state index is 12.9. The van der Waals surface area contributed by atoms with Crippen molar-refractivity contribution in [3.63, 3.8) is 0 Å². The van der Waals surface area contributed by atoms with Gasteiger partial charge < -0.3 is 5.11 Å². The molecule has 5 nitrogen and oxygen atoms in total. The molecule has 21 heavy (non-hydrogen) atoms. The number of thiophene rings is 1. The molecule has 2 heterocycles. The fraction of sp³-hybridized carbons (Fsp3) is 0.643. The third-order valence-corrected chi connectivity index (χ3v) is 7.73. The Labute approximate surface area is 128 Å². The van der Waals surface area contributed by atoms with Crippen LogP contribution in [-0.4, -0.2) is 35.6 Å². The van der Waals surface area contributed by atoms with E-state index in [1.807, 2.05) is 16.8 Å². The van der Waals surface area contributed by atoms with Crippen molar-refractivity contribution in [2.45, 2.75) is 43.4 Å². The molecule has 3 unspecified atom stereocenters.